The van der Waals surface area contributed by atoms with Crippen molar-refractivity contribution in [2.75, 3.05) is 24.5 Å². The Morgan fingerprint density at radius 3 is 2.84 bits per heavy atom. The minimum atomic E-state index is 0.710. The van der Waals surface area contributed by atoms with E-state index in [1.165, 1.54) is 43.8 Å². The van der Waals surface area contributed by atoms with E-state index in [2.05, 4.69) is 32.7 Å². The van der Waals surface area contributed by atoms with Crippen molar-refractivity contribution in [3.63, 3.8) is 0 Å². The van der Waals surface area contributed by atoms with Crippen LogP contribution in [-0.4, -0.2) is 30.7 Å². The molecule has 2 aliphatic rings. The van der Waals surface area contributed by atoms with Gasteiger partial charge in [0.2, 0.25) is 0 Å². The number of nitrogens with zero attached hydrogens (tertiary/aromatic N) is 2. The average Bonchev–Trinajstić information content (AvgIpc) is 3.01. The molecule has 3 nitrogen and oxygen atoms in total. The van der Waals surface area contributed by atoms with Crippen LogP contribution in [0.2, 0.25) is 0 Å². The molecule has 0 aromatic carbocycles. The van der Waals surface area contributed by atoms with Crippen molar-refractivity contribution in [2.45, 2.75) is 38.1 Å². The summed E-state index contributed by atoms with van der Waals surface area (Å²) >= 11 is 1.75. The van der Waals surface area contributed by atoms with E-state index in [0.717, 1.165) is 19.0 Å². The number of nitrogens with one attached hydrogen (secondary N) is 1. The van der Waals surface area contributed by atoms with Gasteiger partial charge in [-0.1, -0.05) is 12.2 Å². The molecule has 1 aliphatic carbocycles. The Labute approximate surface area is 119 Å². The minimum Gasteiger partial charge on any atom is -0.348 e. The zero-order chi connectivity index (χ0) is 12.9. The largest absolute Gasteiger partial charge is 0.348 e. The number of thiazole rings is 1. The first-order valence-electron chi connectivity index (χ1n) is 7.44. The lowest BCUT2D eigenvalue weighted by Crippen LogP contribution is -2.44. The minimum absolute atomic E-state index is 0.710. The van der Waals surface area contributed by atoms with Crippen molar-refractivity contribution in [1.82, 2.24) is 10.3 Å². The highest BCUT2D eigenvalue weighted by atomic mass is 32.1. The van der Waals surface area contributed by atoms with E-state index in [9.17, 15) is 0 Å². The maximum absolute atomic E-state index is 4.40. The molecule has 0 radical (unpaired) electrons. The van der Waals surface area contributed by atoms with E-state index < -0.39 is 0 Å². The van der Waals surface area contributed by atoms with Gasteiger partial charge in [-0.05, 0) is 44.6 Å². The summed E-state index contributed by atoms with van der Waals surface area (Å²) in [5.74, 6) is 0.863. The van der Waals surface area contributed by atoms with Gasteiger partial charge in [-0.3, -0.25) is 0 Å². The topological polar surface area (TPSA) is 28.2 Å². The van der Waals surface area contributed by atoms with Gasteiger partial charge in [-0.25, -0.2) is 4.98 Å². The molecule has 1 unspecified atom stereocenters. The summed E-state index contributed by atoms with van der Waals surface area (Å²) in [6.45, 7) is 3.50. The summed E-state index contributed by atoms with van der Waals surface area (Å²) in [5.41, 5.74) is 0. The number of rotatable bonds is 4. The molecule has 4 heteroatoms. The average molecular weight is 277 g/mol. The lowest BCUT2D eigenvalue weighted by molar-refractivity contribution is 0.361. The van der Waals surface area contributed by atoms with Crippen LogP contribution < -0.4 is 10.2 Å². The molecule has 19 heavy (non-hydrogen) atoms. The monoisotopic (exact) mass is 277 g/mol. The van der Waals surface area contributed by atoms with Crippen LogP contribution >= 0.6 is 11.3 Å². The van der Waals surface area contributed by atoms with Crippen LogP contribution in [0.1, 0.15) is 32.1 Å². The maximum atomic E-state index is 4.40. The summed E-state index contributed by atoms with van der Waals surface area (Å²) < 4.78 is 0. The fraction of sp³-hybridized carbons (Fsp3) is 0.667. The van der Waals surface area contributed by atoms with E-state index >= 15 is 0 Å². The Bertz CT molecular complexity index is 394. The van der Waals surface area contributed by atoms with Crippen molar-refractivity contribution in [2.24, 2.45) is 5.92 Å². The predicted octanol–water partition coefficient (Wildman–Crippen LogP) is 3.06. The molecular formula is C15H23N3S. The second kappa shape index (κ2) is 6.53. The fourth-order valence-electron chi connectivity index (χ4n) is 3.02. The molecule has 3 rings (SSSR count). The van der Waals surface area contributed by atoms with Gasteiger partial charge in [0.25, 0.3) is 0 Å². The lowest BCUT2D eigenvalue weighted by atomic mass is 9.93. The molecule has 2 heterocycles. The third-order valence-corrected chi connectivity index (χ3v) is 5.09. The Balaban J connectivity index is 1.39. The fourth-order valence-corrected chi connectivity index (χ4v) is 3.72. The van der Waals surface area contributed by atoms with Crippen molar-refractivity contribution >= 4 is 16.5 Å². The quantitative estimate of drug-likeness (QED) is 0.857. The van der Waals surface area contributed by atoms with Crippen LogP contribution in [0.4, 0.5) is 5.13 Å². The molecule has 0 bridgehead atoms. The van der Waals surface area contributed by atoms with Gasteiger partial charge in [0.1, 0.15) is 0 Å². The van der Waals surface area contributed by atoms with Gasteiger partial charge in [0.05, 0.1) is 0 Å². The number of anilines is 1. The number of hydrogen-bond donors (Lipinski definition) is 1. The molecule has 0 spiro atoms. The Kier molecular flexibility index (Phi) is 4.51. The van der Waals surface area contributed by atoms with Gasteiger partial charge in [0, 0.05) is 30.7 Å². The molecule has 1 aliphatic heterocycles. The van der Waals surface area contributed by atoms with Crippen molar-refractivity contribution in [3.8, 4) is 0 Å². The molecule has 0 saturated carbocycles. The summed E-state index contributed by atoms with van der Waals surface area (Å²) in [6, 6.07) is 0.710. The van der Waals surface area contributed by atoms with Crippen LogP contribution in [0, 0.1) is 5.92 Å². The van der Waals surface area contributed by atoms with Crippen LogP contribution in [0.25, 0.3) is 0 Å². The number of allylic oxidation sites excluding steroid dienone is 2. The number of aromatic nitrogens is 1. The Morgan fingerprint density at radius 1 is 1.26 bits per heavy atom. The van der Waals surface area contributed by atoms with Gasteiger partial charge in [0.15, 0.2) is 5.13 Å². The highest BCUT2D eigenvalue weighted by Crippen LogP contribution is 2.22. The van der Waals surface area contributed by atoms with E-state index in [0.29, 0.717) is 6.04 Å². The summed E-state index contributed by atoms with van der Waals surface area (Å²) in [7, 11) is 0. The van der Waals surface area contributed by atoms with Crippen molar-refractivity contribution in [3.05, 3.63) is 23.7 Å². The van der Waals surface area contributed by atoms with Crippen LogP contribution in [0.5, 0.6) is 0 Å². The van der Waals surface area contributed by atoms with E-state index in [4.69, 9.17) is 0 Å². The van der Waals surface area contributed by atoms with Gasteiger partial charge < -0.3 is 10.2 Å². The Morgan fingerprint density at radius 2 is 2.16 bits per heavy atom. The second-order valence-electron chi connectivity index (χ2n) is 5.63. The molecule has 1 atom stereocenters. The van der Waals surface area contributed by atoms with E-state index in [1.807, 2.05) is 6.20 Å². The molecule has 1 aromatic heterocycles. The smallest absolute Gasteiger partial charge is 0.185 e. The predicted molar refractivity (Wildman–Crippen MR) is 81.8 cm³/mol. The van der Waals surface area contributed by atoms with Crippen LogP contribution in [-0.2, 0) is 0 Å². The highest BCUT2D eigenvalue weighted by Gasteiger charge is 2.21. The van der Waals surface area contributed by atoms with Gasteiger partial charge in [-0.2, -0.15) is 0 Å². The van der Waals surface area contributed by atoms with Crippen molar-refractivity contribution in [1.29, 1.82) is 0 Å². The first-order valence-corrected chi connectivity index (χ1v) is 8.32. The molecular weight excluding hydrogens is 254 g/mol. The molecule has 1 N–H and O–H groups in total. The highest BCUT2D eigenvalue weighted by molar-refractivity contribution is 7.13. The second-order valence-corrected chi connectivity index (χ2v) is 6.51. The molecule has 0 amide bonds. The molecule has 1 aromatic rings. The van der Waals surface area contributed by atoms with Crippen LogP contribution in [0.3, 0.4) is 0 Å². The molecule has 104 valence electrons. The van der Waals surface area contributed by atoms with Gasteiger partial charge in [-0.15, -0.1) is 11.3 Å². The third-order valence-electron chi connectivity index (χ3n) is 4.26. The maximum Gasteiger partial charge on any atom is 0.185 e. The number of piperidine rings is 1. The zero-order valence-corrected chi connectivity index (χ0v) is 12.2. The molecule has 1 fully saturated rings. The molecule has 1 saturated heterocycles. The van der Waals surface area contributed by atoms with Crippen LogP contribution in [0.15, 0.2) is 23.7 Å². The summed E-state index contributed by atoms with van der Waals surface area (Å²) in [4.78, 5) is 6.82. The van der Waals surface area contributed by atoms with Crippen molar-refractivity contribution < 1.29 is 0 Å². The lowest BCUT2D eigenvalue weighted by Gasteiger charge is -2.33. The normalized spacial score (nSPS) is 24.8. The zero-order valence-electron chi connectivity index (χ0n) is 11.4. The van der Waals surface area contributed by atoms with Gasteiger partial charge >= 0.3 is 0 Å². The SMILES string of the molecule is C1=CCC(CNC2CCN(c3nccs3)CC2)CC1. The Hall–Kier alpha value is -0.870. The van der Waals surface area contributed by atoms with E-state index in [-0.39, 0.29) is 0 Å². The first kappa shape index (κ1) is 13.1. The standard InChI is InChI=1S/C15H23N3S/c1-2-4-13(5-3-1)12-17-14-6-9-18(10-7-14)15-16-8-11-19-15/h1-2,8,11,13-14,17H,3-7,9-10,12H2. The summed E-state index contributed by atoms with van der Waals surface area (Å²) in [6.07, 6.45) is 13.0. The summed E-state index contributed by atoms with van der Waals surface area (Å²) in [5, 5.41) is 7.04. The number of hydrogen-bond acceptors (Lipinski definition) is 4. The third kappa shape index (κ3) is 3.57. The van der Waals surface area contributed by atoms with E-state index in [1.54, 1.807) is 11.3 Å². The first-order chi connectivity index (χ1) is 9.42.